The van der Waals surface area contributed by atoms with Crippen LogP contribution in [0.1, 0.15) is 103 Å². The van der Waals surface area contributed by atoms with Crippen LogP contribution in [-0.4, -0.2) is 31.7 Å². The van der Waals surface area contributed by atoms with Crippen molar-refractivity contribution in [2.75, 3.05) is 13.2 Å². The van der Waals surface area contributed by atoms with Gasteiger partial charge in [0.1, 0.15) is 0 Å². The number of ether oxygens (including phenoxy) is 3. The minimum absolute atomic E-state index is 0.0900. The van der Waals surface area contributed by atoms with Gasteiger partial charge in [-0.25, -0.2) is 0 Å². The van der Waals surface area contributed by atoms with Crippen LogP contribution in [0.15, 0.2) is 0 Å². The molecule has 2 rings (SSSR count). The monoisotopic (exact) mass is 340 g/mol. The van der Waals surface area contributed by atoms with Crippen LogP contribution in [0.2, 0.25) is 0 Å². The van der Waals surface area contributed by atoms with Crippen molar-refractivity contribution in [3.63, 3.8) is 0 Å². The third kappa shape index (κ3) is 9.39. The van der Waals surface area contributed by atoms with Crippen molar-refractivity contribution in [2.45, 2.75) is 122 Å². The molecule has 0 bridgehead atoms. The highest BCUT2D eigenvalue weighted by Crippen LogP contribution is 2.23. The van der Waals surface area contributed by atoms with Crippen molar-refractivity contribution >= 4 is 0 Å². The van der Waals surface area contributed by atoms with Gasteiger partial charge in [0.25, 0.3) is 0 Å². The van der Waals surface area contributed by atoms with Gasteiger partial charge in [-0.1, -0.05) is 51.4 Å². The van der Waals surface area contributed by atoms with Crippen molar-refractivity contribution in [3.8, 4) is 0 Å². The van der Waals surface area contributed by atoms with Crippen molar-refractivity contribution in [3.05, 3.63) is 0 Å². The average molecular weight is 341 g/mol. The second-order valence-corrected chi connectivity index (χ2v) is 7.78. The van der Waals surface area contributed by atoms with Gasteiger partial charge in [-0.15, -0.1) is 0 Å². The summed E-state index contributed by atoms with van der Waals surface area (Å²) in [6.07, 6.45) is 20.5. The fourth-order valence-electron chi connectivity index (χ4n) is 3.90. The molecule has 0 aromatic carbocycles. The molecule has 0 spiro atoms. The summed E-state index contributed by atoms with van der Waals surface area (Å²) in [5.74, 6) is 0. The second-order valence-electron chi connectivity index (χ2n) is 7.78. The largest absolute Gasteiger partial charge is 0.375 e. The molecule has 3 heteroatoms. The SMILES string of the molecule is CC(CCCCCCCCCOC1CCCCO1)OC1CCCC1. The molecule has 3 nitrogen and oxygen atoms in total. The molecule has 0 aromatic rings. The summed E-state index contributed by atoms with van der Waals surface area (Å²) in [5, 5.41) is 0. The van der Waals surface area contributed by atoms with Crippen LogP contribution in [0.4, 0.5) is 0 Å². The highest BCUT2D eigenvalue weighted by molar-refractivity contribution is 4.68. The minimum atomic E-state index is 0.0900. The maximum atomic E-state index is 6.11. The molecular formula is C21H40O3. The van der Waals surface area contributed by atoms with E-state index in [1.165, 1.54) is 89.9 Å². The average Bonchev–Trinajstić information content (AvgIpc) is 3.10. The molecule has 2 atom stereocenters. The Balaban J connectivity index is 1.29. The van der Waals surface area contributed by atoms with E-state index in [-0.39, 0.29) is 6.29 Å². The van der Waals surface area contributed by atoms with Gasteiger partial charge in [0.15, 0.2) is 6.29 Å². The fourth-order valence-corrected chi connectivity index (χ4v) is 3.90. The Bertz CT molecular complexity index is 283. The zero-order valence-corrected chi connectivity index (χ0v) is 16.0. The number of hydrogen-bond acceptors (Lipinski definition) is 3. The van der Waals surface area contributed by atoms with Crippen LogP contribution >= 0.6 is 0 Å². The van der Waals surface area contributed by atoms with Crippen molar-refractivity contribution in [2.24, 2.45) is 0 Å². The van der Waals surface area contributed by atoms with E-state index in [1.54, 1.807) is 0 Å². The molecule has 1 aliphatic heterocycles. The highest BCUT2D eigenvalue weighted by Gasteiger charge is 2.17. The predicted octanol–water partition coefficient (Wildman–Crippen LogP) is 6.00. The lowest BCUT2D eigenvalue weighted by Gasteiger charge is -2.22. The molecule has 1 aliphatic carbocycles. The van der Waals surface area contributed by atoms with Crippen LogP contribution in [-0.2, 0) is 14.2 Å². The Morgan fingerprint density at radius 3 is 2.21 bits per heavy atom. The predicted molar refractivity (Wildman–Crippen MR) is 99.3 cm³/mol. The normalized spacial score (nSPS) is 23.6. The molecule has 1 saturated heterocycles. The standard InChI is InChI=1S/C21H40O3/c1-19(24-20-14-8-9-15-20)13-7-5-3-2-4-6-11-17-22-21-16-10-12-18-23-21/h19-21H,2-18H2,1H3. The molecule has 1 saturated carbocycles. The Morgan fingerprint density at radius 1 is 0.833 bits per heavy atom. The van der Waals surface area contributed by atoms with E-state index in [9.17, 15) is 0 Å². The van der Waals surface area contributed by atoms with E-state index in [1.807, 2.05) is 0 Å². The lowest BCUT2D eigenvalue weighted by atomic mass is 10.1. The highest BCUT2D eigenvalue weighted by atomic mass is 16.7. The first-order valence-corrected chi connectivity index (χ1v) is 10.7. The van der Waals surface area contributed by atoms with E-state index in [0.29, 0.717) is 12.2 Å². The third-order valence-corrected chi connectivity index (χ3v) is 5.42. The lowest BCUT2D eigenvalue weighted by molar-refractivity contribution is -0.162. The van der Waals surface area contributed by atoms with E-state index in [0.717, 1.165) is 19.6 Å². The first-order valence-electron chi connectivity index (χ1n) is 10.7. The smallest absolute Gasteiger partial charge is 0.157 e. The van der Waals surface area contributed by atoms with Gasteiger partial charge in [-0.05, 0) is 51.9 Å². The van der Waals surface area contributed by atoms with Gasteiger partial charge in [-0.2, -0.15) is 0 Å². The topological polar surface area (TPSA) is 27.7 Å². The van der Waals surface area contributed by atoms with Crippen molar-refractivity contribution in [1.29, 1.82) is 0 Å². The van der Waals surface area contributed by atoms with Gasteiger partial charge in [0.2, 0.25) is 0 Å². The molecule has 0 radical (unpaired) electrons. The van der Waals surface area contributed by atoms with Gasteiger partial charge in [0.05, 0.1) is 12.2 Å². The molecule has 1 heterocycles. The fraction of sp³-hybridized carbons (Fsp3) is 1.00. The van der Waals surface area contributed by atoms with E-state index < -0.39 is 0 Å². The molecule has 0 amide bonds. The molecule has 2 aliphatic rings. The zero-order valence-electron chi connectivity index (χ0n) is 16.0. The summed E-state index contributed by atoms with van der Waals surface area (Å²) in [4.78, 5) is 0. The summed E-state index contributed by atoms with van der Waals surface area (Å²) in [5.41, 5.74) is 0. The van der Waals surface area contributed by atoms with Gasteiger partial charge in [0, 0.05) is 13.2 Å². The van der Waals surface area contributed by atoms with Crippen LogP contribution in [0.5, 0.6) is 0 Å². The minimum Gasteiger partial charge on any atom is -0.375 e. The Morgan fingerprint density at radius 2 is 1.50 bits per heavy atom. The molecular weight excluding hydrogens is 300 g/mol. The van der Waals surface area contributed by atoms with Crippen LogP contribution < -0.4 is 0 Å². The zero-order chi connectivity index (χ0) is 16.9. The molecule has 142 valence electrons. The maximum Gasteiger partial charge on any atom is 0.157 e. The molecule has 2 fully saturated rings. The quantitative estimate of drug-likeness (QED) is 0.385. The summed E-state index contributed by atoms with van der Waals surface area (Å²) in [7, 11) is 0. The summed E-state index contributed by atoms with van der Waals surface area (Å²) in [6.45, 7) is 4.02. The van der Waals surface area contributed by atoms with E-state index in [4.69, 9.17) is 14.2 Å². The van der Waals surface area contributed by atoms with Crippen molar-refractivity contribution in [1.82, 2.24) is 0 Å². The molecule has 24 heavy (non-hydrogen) atoms. The van der Waals surface area contributed by atoms with Crippen LogP contribution in [0.3, 0.4) is 0 Å². The van der Waals surface area contributed by atoms with Gasteiger partial charge < -0.3 is 14.2 Å². The Kier molecular flexibility index (Phi) is 11.1. The summed E-state index contributed by atoms with van der Waals surface area (Å²) < 4.78 is 17.5. The van der Waals surface area contributed by atoms with E-state index in [2.05, 4.69) is 6.92 Å². The maximum absolute atomic E-state index is 6.11. The molecule has 0 N–H and O–H groups in total. The number of hydrogen-bond donors (Lipinski definition) is 0. The second kappa shape index (κ2) is 13.1. The van der Waals surface area contributed by atoms with Gasteiger partial charge in [-0.3, -0.25) is 0 Å². The van der Waals surface area contributed by atoms with Crippen LogP contribution in [0, 0.1) is 0 Å². The summed E-state index contributed by atoms with van der Waals surface area (Å²) in [6, 6.07) is 0. The first kappa shape index (κ1) is 20.2. The summed E-state index contributed by atoms with van der Waals surface area (Å²) >= 11 is 0. The van der Waals surface area contributed by atoms with Gasteiger partial charge >= 0.3 is 0 Å². The Labute approximate surface area is 149 Å². The third-order valence-electron chi connectivity index (χ3n) is 5.42. The molecule has 2 unspecified atom stereocenters. The van der Waals surface area contributed by atoms with Crippen molar-refractivity contribution < 1.29 is 14.2 Å². The lowest BCUT2D eigenvalue weighted by Crippen LogP contribution is -2.22. The van der Waals surface area contributed by atoms with Crippen LogP contribution in [0.25, 0.3) is 0 Å². The Hall–Kier alpha value is -0.120. The number of rotatable bonds is 13. The molecule has 0 aromatic heterocycles. The van der Waals surface area contributed by atoms with E-state index >= 15 is 0 Å². The first-order chi connectivity index (χ1) is 11.8. The number of unbranched alkanes of at least 4 members (excludes halogenated alkanes) is 6.